The fourth-order valence-electron chi connectivity index (χ4n) is 8.95. The molecule has 1 unspecified atom stereocenters. The average Bonchev–Trinajstić information content (AvgIpc) is 2.75. The van der Waals surface area contributed by atoms with Crippen molar-refractivity contribution in [2.24, 2.45) is 34.5 Å². The highest BCUT2D eigenvalue weighted by Gasteiger charge is 2.75. The fourth-order valence-corrected chi connectivity index (χ4v) is 8.95. The molecule has 192 valence electrons. The minimum Gasteiger partial charge on any atom is -0.459 e. The first-order valence-corrected chi connectivity index (χ1v) is 13.0. The van der Waals surface area contributed by atoms with Crippen molar-refractivity contribution in [2.75, 3.05) is 14.2 Å². The van der Waals surface area contributed by atoms with Gasteiger partial charge in [-0.25, -0.2) is 0 Å². The van der Waals surface area contributed by atoms with Crippen molar-refractivity contribution in [2.45, 2.75) is 104 Å². The summed E-state index contributed by atoms with van der Waals surface area (Å²) in [6.07, 6.45) is 2.46. The molecule has 4 aliphatic carbocycles. The number of carbonyl (C=O) groups excluding carboxylic acids is 2. The summed E-state index contributed by atoms with van der Waals surface area (Å²) in [6, 6.07) is 0. The lowest BCUT2D eigenvalue weighted by molar-refractivity contribution is -0.287. The second-order valence-electron chi connectivity index (χ2n) is 12.3. The Morgan fingerprint density at radius 2 is 1.82 bits per heavy atom. The first-order chi connectivity index (χ1) is 15.8. The van der Waals surface area contributed by atoms with Crippen molar-refractivity contribution in [3.63, 3.8) is 0 Å². The average molecular weight is 477 g/mol. The van der Waals surface area contributed by atoms with E-state index in [1.165, 1.54) is 6.92 Å². The van der Waals surface area contributed by atoms with Crippen LogP contribution in [0.3, 0.4) is 0 Å². The topological polar surface area (TPSA) is 82.1 Å². The van der Waals surface area contributed by atoms with Gasteiger partial charge in [-0.1, -0.05) is 39.7 Å². The van der Waals surface area contributed by atoms with E-state index in [0.717, 1.165) is 17.6 Å². The van der Waals surface area contributed by atoms with E-state index >= 15 is 0 Å². The standard InChI is InChI=1S/C28H44O6/c1-10-19-23-26(7,20(32-8)13-18-11-12-27(18,23)34-17(4)29)24(30)22(33-9)21-16(3)15(2)14-28(19,31)25(21,5)6/h15,18-20,22-23,31H,10-14H2,1-9H3/t15-,18?,19-,20-,22+,23-,26+,27-,28+/m0/s1. The molecule has 0 aromatic carbocycles. The molecule has 0 heterocycles. The maximum absolute atomic E-state index is 14.7. The number of hydrogen-bond acceptors (Lipinski definition) is 6. The van der Waals surface area contributed by atoms with Gasteiger partial charge in [-0.05, 0) is 56.9 Å². The first kappa shape index (κ1) is 25.8. The van der Waals surface area contributed by atoms with Gasteiger partial charge >= 0.3 is 5.97 Å². The summed E-state index contributed by atoms with van der Waals surface area (Å²) in [5, 5.41) is 12.8. The Morgan fingerprint density at radius 1 is 1.18 bits per heavy atom. The van der Waals surface area contributed by atoms with Gasteiger partial charge in [0.15, 0.2) is 5.78 Å². The predicted molar refractivity (Wildman–Crippen MR) is 129 cm³/mol. The molecule has 0 aromatic rings. The van der Waals surface area contributed by atoms with Crippen LogP contribution in [0.15, 0.2) is 11.1 Å². The maximum Gasteiger partial charge on any atom is 0.303 e. The molecular formula is C28H44O6. The zero-order valence-corrected chi connectivity index (χ0v) is 22.5. The molecule has 0 aromatic heterocycles. The quantitative estimate of drug-likeness (QED) is 0.476. The molecule has 3 fully saturated rings. The van der Waals surface area contributed by atoms with E-state index in [4.69, 9.17) is 14.2 Å². The van der Waals surface area contributed by atoms with E-state index in [1.54, 1.807) is 14.2 Å². The van der Waals surface area contributed by atoms with Gasteiger partial charge in [-0.15, -0.1) is 0 Å². The van der Waals surface area contributed by atoms with Crippen LogP contribution < -0.4 is 0 Å². The summed E-state index contributed by atoms with van der Waals surface area (Å²) in [5.41, 5.74) is -1.48. The Labute approximate surface area is 204 Å². The van der Waals surface area contributed by atoms with Crippen molar-refractivity contribution in [1.29, 1.82) is 0 Å². The van der Waals surface area contributed by atoms with Crippen molar-refractivity contribution in [3.8, 4) is 0 Å². The number of esters is 1. The Kier molecular flexibility index (Phi) is 6.19. The van der Waals surface area contributed by atoms with Gasteiger partial charge in [0.2, 0.25) is 0 Å². The highest BCUT2D eigenvalue weighted by molar-refractivity contribution is 5.93. The van der Waals surface area contributed by atoms with Crippen LogP contribution in [0.5, 0.6) is 0 Å². The molecule has 0 radical (unpaired) electrons. The van der Waals surface area contributed by atoms with Crippen molar-refractivity contribution < 1.29 is 28.9 Å². The van der Waals surface area contributed by atoms with Crippen molar-refractivity contribution >= 4 is 11.8 Å². The number of ether oxygens (including phenoxy) is 3. The maximum atomic E-state index is 14.7. The minimum atomic E-state index is -1.09. The number of hydrogen-bond donors (Lipinski definition) is 1. The van der Waals surface area contributed by atoms with Crippen LogP contribution in [0.2, 0.25) is 0 Å². The van der Waals surface area contributed by atoms with E-state index < -0.39 is 28.1 Å². The van der Waals surface area contributed by atoms with E-state index in [2.05, 4.69) is 34.6 Å². The van der Waals surface area contributed by atoms with Gasteiger partial charge < -0.3 is 19.3 Å². The number of methoxy groups -OCH3 is 2. The molecule has 0 spiro atoms. The number of allylic oxidation sites excluding steroid dienone is 1. The lowest BCUT2D eigenvalue weighted by Gasteiger charge is -2.69. The lowest BCUT2D eigenvalue weighted by atomic mass is 9.38. The molecule has 2 bridgehead atoms. The van der Waals surface area contributed by atoms with E-state index in [0.29, 0.717) is 25.7 Å². The Hall–Kier alpha value is -1.24. The second-order valence-corrected chi connectivity index (χ2v) is 12.3. The van der Waals surface area contributed by atoms with Crippen molar-refractivity contribution in [1.82, 2.24) is 0 Å². The zero-order valence-electron chi connectivity index (χ0n) is 22.5. The van der Waals surface area contributed by atoms with Crippen LogP contribution in [-0.2, 0) is 23.8 Å². The molecule has 3 saturated carbocycles. The number of carbonyl (C=O) groups is 2. The van der Waals surface area contributed by atoms with Crippen molar-refractivity contribution in [3.05, 3.63) is 11.1 Å². The highest BCUT2D eigenvalue weighted by atomic mass is 16.6. The molecule has 6 heteroatoms. The summed E-state index contributed by atoms with van der Waals surface area (Å²) in [4.78, 5) is 27.2. The number of fused-ring (bicyclic) bond motifs is 5. The van der Waals surface area contributed by atoms with E-state index in [-0.39, 0.29) is 41.5 Å². The Balaban J connectivity index is 2.08. The largest absolute Gasteiger partial charge is 0.459 e. The predicted octanol–water partition coefficient (Wildman–Crippen LogP) is 4.48. The summed E-state index contributed by atoms with van der Waals surface area (Å²) in [5.74, 6) is -0.726. The van der Waals surface area contributed by atoms with Gasteiger partial charge in [0.05, 0.1) is 17.1 Å². The molecule has 4 rings (SSSR count). The fraction of sp³-hybridized carbons (Fsp3) is 0.857. The first-order valence-electron chi connectivity index (χ1n) is 13.0. The molecule has 34 heavy (non-hydrogen) atoms. The van der Waals surface area contributed by atoms with Crippen LogP contribution in [0.4, 0.5) is 0 Å². The molecule has 1 N–H and O–H groups in total. The summed E-state index contributed by atoms with van der Waals surface area (Å²) in [7, 11) is 3.26. The third kappa shape index (κ3) is 2.97. The summed E-state index contributed by atoms with van der Waals surface area (Å²) < 4.78 is 18.3. The second kappa shape index (κ2) is 8.14. The number of ketones is 1. The van der Waals surface area contributed by atoms with Gasteiger partial charge in [-0.3, -0.25) is 9.59 Å². The third-order valence-corrected chi connectivity index (χ3v) is 10.8. The molecule has 0 amide bonds. The van der Waals surface area contributed by atoms with Gasteiger partial charge in [0.25, 0.3) is 0 Å². The van der Waals surface area contributed by atoms with Gasteiger partial charge in [-0.2, -0.15) is 0 Å². The molecule has 0 aliphatic heterocycles. The number of rotatable bonds is 4. The van der Waals surface area contributed by atoms with Gasteiger partial charge in [0, 0.05) is 38.4 Å². The van der Waals surface area contributed by atoms with Crippen LogP contribution >= 0.6 is 0 Å². The normalized spacial score (nSPS) is 47.6. The Bertz CT molecular complexity index is 907. The van der Waals surface area contributed by atoms with E-state index in [9.17, 15) is 14.7 Å². The highest BCUT2D eigenvalue weighted by Crippen LogP contribution is 2.69. The SMILES string of the molecule is CC[C@H]1[C@H]2[C@](C)(C(=O)[C@H](OC)C3=C(C)[C@@H](C)C[C@]1(O)C3(C)C)[C@@H](OC)CC1CC[C@]12OC(C)=O. The van der Waals surface area contributed by atoms with E-state index in [1.807, 2.05) is 6.92 Å². The molecule has 0 saturated heterocycles. The third-order valence-electron chi connectivity index (χ3n) is 10.8. The molecular weight excluding hydrogens is 432 g/mol. The molecule has 4 aliphatic rings. The minimum absolute atomic E-state index is 0.0132. The van der Waals surface area contributed by atoms with Crippen LogP contribution in [-0.4, -0.2) is 54.5 Å². The molecule has 9 atom stereocenters. The van der Waals surface area contributed by atoms with Crippen LogP contribution in [0.1, 0.15) is 80.6 Å². The van der Waals surface area contributed by atoms with Crippen LogP contribution in [0, 0.1) is 34.5 Å². The number of aliphatic hydroxyl groups is 1. The molecule has 6 nitrogen and oxygen atoms in total. The number of Topliss-reactive ketones (excluding diaryl/α,β-unsaturated/α-hetero) is 1. The van der Waals surface area contributed by atoms with Gasteiger partial charge in [0.1, 0.15) is 11.7 Å². The summed E-state index contributed by atoms with van der Waals surface area (Å²) >= 11 is 0. The lowest BCUT2D eigenvalue weighted by Crippen LogP contribution is -2.76. The smallest absolute Gasteiger partial charge is 0.303 e. The summed E-state index contributed by atoms with van der Waals surface area (Å²) in [6.45, 7) is 13.9. The zero-order chi connectivity index (χ0) is 25.4. The monoisotopic (exact) mass is 476 g/mol. The van der Waals surface area contributed by atoms with Crippen LogP contribution in [0.25, 0.3) is 0 Å². The Morgan fingerprint density at radius 3 is 2.29 bits per heavy atom.